The first-order valence-electron chi connectivity index (χ1n) is 7.00. The molecule has 2 amide bonds. The van der Waals surface area contributed by atoms with Gasteiger partial charge >= 0.3 is 12.1 Å². The van der Waals surface area contributed by atoms with E-state index in [9.17, 15) is 14.4 Å². The Morgan fingerprint density at radius 3 is 2.13 bits per heavy atom. The van der Waals surface area contributed by atoms with E-state index in [0.717, 1.165) is 0 Å². The maximum atomic E-state index is 12.3. The van der Waals surface area contributed by atoms with Crippen LogP contribution in [0.3, 0.4) is 0 Å². The van der Waals surface area contributed by atoms with Crippen molar-refractivity contribution in [3.05, 3.63) is 0 Å². The number of esters is 1. The number of carbonyl (C=O) groups is 3. The fraction of sp³-hybridized carbons (Fsp3) is 0.786. The van der Waals surface area contributed by atoms with Gasteiger partial charge in [0.05, 0.1) is 13.7 Å². The van der Waals surface area contributed by atoms with Gasteiger partial charge in [0.25, 0.3) is 0 Å². The van der Waals surface area contributed by atoms with Gasteiger partial charge in [0, 0.05) is 12.9 Å². The summed E-state index contributed by atoms with van der Waals surface area (Å²) in [7, 11) is 2.64. The van der Waals surface area contributed by atoms with Crippen LogP contribution in [-0.4, -0.2) is 68.5 Å². The van der Waals surface area contributed by atoms with Gasteiger partial charge in [0.15, 0.2) is 0 Å². The van der Waals surface area contributed by atoms with Gasteiger partial charge in [-0.25, -0.2) is 9.59 Å². The molecule has 0 radical (unpaired) electrons. The maximum Gasteiger partial charge on any atom is 0.408 e. The molecule has 0 aliphatic heterocycles. The van der Waals surface area contributed by atoms with Crippen LogP contribution >= 0.6 is 11.8 Å². The molecule has 0 aromatic carbocycles. The molecule has 0 spiro atoms. The lowest BCUT2D eigenvalue weighted by Gasteiger charge is -2.24. The summed E-state index contributed by atoms with van der Waals surface area (Å²) in [5.74, 6) is -0.756. The normalized spacial score (nSPS) is 13.7. The Labute approximate surface area is 141 Å². The third-order valence-electron chi connectivity index (χ3n) is 2.48. The summed E-state index contributed by atoms with van der Waals surface area (Å²) in [6.07, 6.45) is 1.06. The molecule has 0 rings (SSSR count). The van der Waals surface area contributed by atoms with Crippen LogP contribution in [0.25, 0.3) is 0 Å². The number of amides is 2. The molecule has 23 heavy (non-hydrogen) atoms. The quantitative estimate of drug-likeness (QED) is 0.616. The zero-order valence-electron chi connectivity index (χ0n) is 14.4. The fourth-order valence-corrected chi connectivity index (χ4v) is 2.10. The van der Waals surface area contributed by atoms with Gasteiger partial charge < -0.3 is 24.8 Å². The summed E-state index contributed by atoms with van der Waals surface area (Å²) in [5.41, 5.74) is -0.689. The average Bonchev–Trinajstić information content (AvgIpc) is 2.43. The molecule has 0 saturated heterocycles. The lowest BCUT2D eigenvalue weighted by atomic mass is 10.2. The van der Waals surface area contributed by atoms with Crippen LogP contribution in [-0.2, 0) is 23.8 Å². The van der Waals surface area contributed by atoms with E-state index >= 15 is 0 Å². The SMILES string of the molecule is COC[C@H](NC(=O)OC(C)(C)C)C(=O)N[C@H](CSC)C(=O)OC. The first-order chi connectivity index (χ1) is 10.6. The molecule has 0 heterocycles. The number of alkyl carbamates (subject to hydrolysis) is 1. The number of methoxy groups -OCH3 is 2. The van der Waals surface area contributed by atoms with Crippen LogP contribution < -0.4 is 10.6 Å². The number of nitrogens with one attached hydrogen (secondary N) is 2. The van der Waals surface area contributed by atoms with Crippen molar-refractivity contribution in [3.8, 4) is 0 Å². The van der Waals surface area contributed by atoms with E-state index in [-0.39, 0.29) is 6.61 Å². The Morgan fingerprint density at radius 1 is 1.09 bits per heavy atom. The lowest BCUT2D eigenvalue weighted by Crippen LogP contribution is -2.54. The molecule has 0 bridgehead atoms. The van der Waals surface area contributed by atoms with Crippen molar-refractivity contribution < 1.29 is 28.6 Å². The van der Waals surface area contributed by atoms with Crippen LogP contribution in [0.1, 0.15) is 20.8 Å². The average molecular weight is 350 g/mol. The third kappa shape index (κ3) is 9.29. The molecular weight excluding hydrogens is 324 g/mol. The summed E-state index contributed by atoms with van der Waals surface area (Å²) in [5, 5.41) is 4.96. The van der Waals surface area contributed by atoms with Crippen molar-refractivity contribution in [1.82, 2.24) is 10.6 Å². The van der Waals surface area contributed by atoms with Crippen molar-refractivity contribution in [2.45, 2.75) is 38.5 Å². The van der Waals surface area contributed by atoms with Crippen molar-refractivity contribution in [2.75, 3.05) is 32.8 Å². The van der Waals surface area contributed by atoms with Crippen molar-refractivity contribution >= 4 is 29.7 Å². The Balaban J connectivity index is 4.83. The Hall–Kier alpha value is -1.48. The first-order valence-corrected chi connectivity index (χ1v) is 8.39. The molecule has 0 aromatic heterocycles. The third-order valence-corrected chi connectivity index (χ3v) is 3.14. The minimum atomic E-state index is -0.983. The molecule has 2 atom stereocenters. The maximum absolute atomic E-state index is 12.3. The number of hydrogen-bond donors (Lipinski definition) is 2. The molecule has 0 aliphatic rings. The number of thioether (sulfide) groups is 1. The van der Waals surface area contributed by atoms with Gasteiger partial charge in [-0.15, -0.1) is 0 Å². The summed E-state index contributed by atoms with van der Waals surface area (Å²) in [4.78, 5) is 35.7. The molecule has 0 aliphatic carbocycles. The van der Waals surface area contributed by atoms with Crippen LogP contribution in [0.5, 0.6) is 0 Å². The first kappa shape index (κ1) is 21.5. The zero-order chi connectivity index (χ0) is 18.0. The largest absolute Gasteiger partial charge is 0.467 e. The smallest absolute Gasteiger partial charge is 0.408 e. The lowest BCUT2D eigenvalue weighted by molar-refractivity contribution is -0.144. The molecule has 0 unspecified atom stereocenters. The van der Waals surface area contributed by atoms with Crippen LogP contribution in [0.2, 0.25) is 0 Å². The highest BCUT2D eigenvalue weighted by molar-refractivity contribution is 7.98. The highest BCUT2D eigenvalue weighted by Crippen LogP contribution is 2.07. The monoisotopic (exact) mass is 350 g/mol. The number of carbonyl (C=O) groups excluding carboxylic acids is 3. The summed E-state index contributed by atoms with van der Waals surface area (Å²) in [6, 6.07) is -1.79. The summed E-state index contributed by atoms with van der Waals surface area (Å²) in [6.45, 7) is 5.08. The van der Waals surface area contributed by atoms with E-state index in [0.29, 0.717) is 5.75 Å². The number of rotatable bonds is 8. The van der Waals surface area contributed by atoms with Crippen LogP contribution in [0.15, 0.2) is 0 Å². The highest BCUT2D eigenvalue weighted by atomic mass is 32.2. The standard InChI is InChI=1S/C14H26N2O6S/c1-14(2,3)22-13(19)16-9(7-20-4)11(17)15-10(8-23-6)12(18)21-5/h9-10H,7-8H2,1-6H3,(H,15,17)(H,16,19)/t9-,10+/m0/s1. The van der Waals surface area contributed by atoms with Gasteiger partial charge in [-0.3, -0.25) is 4.79 Å². The van der Waals surface area contributed by atoms with Crippen molar-refractivity contribution in [3.63, 3.8) is 0 Å². The molecule has 0 saturated carbocycles. The van der Waals surface area contributed by atoms with Gasteiger partial charge in [-0.2, -0.15) is 11.8 Å². The molecule has 2 N–H and O–H groups in total. The Kier molecular flexibility index (Phi) is 9.66. The molecule has 0 fully saturated rings. The van der Waals surface area contributed by atoms with Crippen LogP contribution in [0.4, 0.5) is 4.79 Å². The highest BCUT2D eigenvalue weighted by Gasteiger charge is 2.28. The summed E-state index contributed by atoms with van der Waals surface area (Å²) < 4.78 is 14.7. The second kappa shape index (κ2) is 10.3. The van der Waals surface area contributed by atoms with E-state index in [1.54, 1.807) is 27.0 Å². The molecule has 9 heteroatoms. The van der Waals surface area contributed by atoms with E-state index in [4.69, 9.17) is 9.47 Å². The minimum absolute atomic E-state index is 0.0573. The number of ether oxygens (including phenoxy) is 3. The second-order valence-electron chi connectivity index (χ2n) is 5.69. The predicted molar refractivity (Wildman–Crippen MR) is 87.4 cm³/mol. The zero-order valence-corrected chi connectivity index (χ0v) is 15.2. The van der Waals surface area contributed by atoms with Gasteiger partial charge in [-0.05, 0) is 27.0 Å². The van der Waals surface area contributed by atoms with E-state index < -0.39 is 35.7 Å². The molecular formula is C14H26N2O6S. The molecule has 0 aromatic rings. The van der Waals surface area contributed by atoms with Crippen molar-refractivity contribution in [1.29, 1.82) is 0 Å². The van der Waals surface area contributed by atoms with Gasteiger partial charge in [-0.1, -0.05) is 0 Å². The summed E-state index contributed by atoms with van der Waals surface area (Å²) >= 11 is 1.38. The van der Waals surface area contributed by atoms with Crippen LogP contribution in [0, 0.1) is 0 Å². The molecule has 8 nitrogen and oxygen atoms in total. The van der Waals surface area contributed by atoms with E-state index in [1.165, 1.54) is 26.0 Å². The van der Waals surface area contributed by atoms with E-state index in [1.807, 2.05) is 0 Å². The minimum Gasteiger partial charge on any atom is -0.467 e. The fourth-order valence-electron chi connectivity index (χ4n) is 1.55. The van der Waals surface area contributed by atoms with Crippen molar-refractivity contribution in [2.24, 2.45) is 0 Å². The number of hydrogen-bond acceptors (Lipinski definition) is 7. The second-order valence-corrected chi connectivity index (χ2v) is 6.60. The van der Waals surface area contributed by atoms with Gasteiger partial charge in [0.1, 0.15) is 17.7 Å². The topological polar surface area (TPSA) is 103 Å². The molecule has 134 valence electrons. The van der Waals surface area contributed by atoms with E-state index in [2.05, 4.69) is 15.4 Å². The Bertz CT molecular complexity index is 411. The Morgan fingerprint density at radius 2 is 1.70 bits per heavy atom. The predicted octanol–water partition coefficient (Wildman–Crippen LogP) is 0.547. The van der Waals surface area contributed by atoms with Gasteiger partial charge in [0.2, 0.25) is 5.91 Å².